The van der Waals surface area contributed by atoms with E-state index in [1.807, 2.05) is 7.05 Å². The molecule has 3 heterocycles. The van der Waals surface area contributed by atoms with Crippen molar-refractivity contribution in [3.63, 3.8) is 0 Å². The highest BCUT2D eigenvalue weighted by molar-refractivity contribution is 5.68. The first-order chi connectivity index (χ1) is 11.1. The van der Waals surface area contributed by atoms with Crippen molar-refractivity contribution < 1.29 is 14.6 Å². The Morgan fingerprint density at radius 3 is 3.09 bits per heavy atom. The van der Waals surface area contributed by atoms with Gasteiger partial charge in [-0.25, -0.2) is 0 Å². The van der Waals surface area contributed by atoms with Gasteiger partial charge in [-0.15, -0.1) is 0 Å². The molecule has 2 unspecified atom stereocenters. The van der Waals surface area contributed by atoms with Gasteiger partial charge in [0.2, 0.25) is 0 Å². The second-order valence-electron chi connectivity index (χ2n) is 7.14. The molecule has 0 bridgehead atoms. The summed E-state index contributed by atoms with van der Waals surface area (Å²) < 4.78 is 6.41. The van der Waals surface area contributed by atoms with Gasteiger partial charge in [0.15, 0.2) is 5.72 Å². The fourth-order valence-corrected chi connectivity index (χ4v) is 4.74. The number of nitrogens with one attached hydrogen (secondary N) is 1. The van der Waals surface area contributed by atoms with E-state index in [0.717, 1.165) is 37.9 Å². The van der Waals surface area contributed by atoms with Gasteiger partial charge in [0.05, 0.1) is 17.5 Å². The Labute approximate surface area is 136 Å². The van der Waals surface area contributed by atoms with Crippen LogP contribution in [0.2, 0.25) is 0 Å². The summed E-state index contributed by atoms with van der Waals surface area (Å²) in [5.41, 5.74) is 1.76. The average molecular weight is 316 g/mol. The Morgan fingerprint density at radius 1 is 1.43 bits per heavy atom. The molecule has 5 heteroatoms. The molecule has 0 radical (unpaired) electrons. The predicted molar refractivity (Wildman–Crippen MR) is 86.0 cm³/mol. The van der Waals surface area contributed by atoms with Crippen LogP contribution in [0.1, 0.15) is 51.4 Å². The summed E-state index contributed by atoms with van der Waals surface area (Å²) in [4.78, 5) is 13.6. The minimum atomic E-state index is -0.818. The zero-order valence-electron chi connectivity index (χ0n) is 13.6. The van der Waals surface area contributed by atoms with Crippen LogP contribution < -0.4 is 5.32 Å². The van der Waals surface area contributed by atoms with Gasteiger partial charge < -0.3 is 14.7 Å². The summed E-state index contributed by atoms with van der Waals surface area (Å²) in [5, 5.41) is 12.5. The number of allylic oxidation sites excluding steroid dienone is 3. The molecular weight excluding hydrogens is 292 g/mol. The van der Waals surface area contributed by atoms with E-state index in [2.05, 4.69) is 28.7 Å². The fourth-order valence-electron chi connectivity index (χ4n) is 4.74. The molecule has 124 valence electrons. The van der Waals surface area contributed by atoms with E-state index in [1.165, 1.54) is 24.1 Å². The highest BCUT2D eigenvalue weighted by Crippen LogP contribution is 2.61. The van der Waals surface area contributed by atoms with E-state index in [1.54, 1.807) is 0 Å². The zero-order valence-corrected chi connectivity index (χ0v) is 13.6. The number of rotatable bonds is 3. The third-order valence-electron chi connectivity index (χ3n) is 5.81. The number of fused-ring (bicyclic) bond motifs is 1. The summed E-state index contributed by atoms with van der Waals surface area (Å²) in [6.45, 7) is 0. The maximum absolute atomic E-state index is 11.4. The van der Waals surface area contributed by atoms with Crippen molar-refractivity contribution in [2.45, 2.75) is 57.1 Å². The number of carbonyl (C=O) groups is 1. The lowest BCUT2D eigenvalue weighted by molar-refractivity contribution is -0.143. The third kappa shape index (κ3) is 2.13. The zero-order chi connectivity index (χ0) is 16.1. The van der Waals surface area contributed by atoms with Crippen molar-refractivity contribution in [2.24, 2.45) is 5.41 Å². The van der Waals surface area contributed by atoms with Crippen LogP contribution in [0, 0.1) is 5.41 Å². The van der Waals surface area contributed by atoms with E-state index in [-0.39, 0.29) is 11.8 Å². The Kier molecular flexibility index (Phi) is 3.30. The molecule has 1 saturated carbocycles. The summed E-state index contributed by atoms with van der Waals surface area (Å²) in [7, 11) is 1.81. The van der Waals surface area contributed by atoms with Gasteiger partial charge in [-0.3, -0.25) is 10.1 Å². The highest BCUT2D eigenvalue weighted by Gasteiger charge is 2.58. The smallest absolute Gasteiger partial charge is 0.308 e. The number of carboxylic acid groups (broad SMARTS) is 1. The minimum Gasteiger partial charge on any atom is -0.481 e. The fraction of sp³-hybridized carbons (Fsp3) is 0.611. The van der Waals surface area contributed by atoms with Crippen molar-refractivity contribution in [2.75, 3.05) is 7.05 Å². The molecule has 2 atom stereocenters. The molecule has 1 saturated heterocycles. The molecule has 1 spiro atoms. The number of aliphatic carboxylic acids is 1. The topological polar surface area (TPSA) is 61.8 Å². The van der Waals surface area contributed by atoms with Gasteiger partial charge in [-0.2, -0.15) is 0 Å². The van der Waals surface area contributed by atoms with Crippen LogP contribution in [0.5, 0.6) is 0 Å². The molecule has 2 N–H and O–H groups in total. The number of nitrogens with zero attached hydrogens (tertiary/aromatic N) is 1. The monoisotopic (exact) mass is 316 g/mol. The van der Waals surface area contributed by atoms with Gasteiger partial charge in [0.25, 0.3) is 0 Å². The molecule has 3 aliphatic heterocycles. The van der Waals surface area contributed by atoms with Crippen LogP contribution in [-0.2, 0) is 9.53 Å². The molecular formula is C18H24N2O3. The lowest BCUT2D eigenvalue weighted by atomic mass is 9.65. The number of hydrogen-bond donors (Lipinski definition) is 2. The maximum Gasteiger partial charge on any atom is 0.308 e. The van der Waals surface area contributed by atoms with Crippen LogP contribution in [-0.4, -0.2) is 28.7 Å². The van der Waals surface area contributed by atoms with Crippen LogP contribution >= 0.6 is 0 Å². The molecule has 4 aliphatic rings. The lowest BCUT2D eigenvalue weighted by Crippen LogP contribution is -2.45. The van der Waals surface area contributed by atoms with Crippen molar-refractivity contribution in [1.82, 2.24) is 10.2 Å². The van der Waals surface area contributed by atoms with E-state index in [0.29, 0.717) is 0 Å². The predicted octanol–water partition coefficient (Wildman–Crippen LogP) is 3.08. The average Bonchev–Trinajstić information content (AvgIpc) is 2.87. The molecule has 5 nitrogen and oxygen atoms in total. The second kappa shape index (κ2) is 5.13. The number of ether oxygens (including phenoxy) is 1. The summed E-state index contributed by atoms with van der Waals surface area (Å²) >= 11 is 0. The van der Waals surface area contributed by atoms with E-state index >= 15 is 0 Å². The van der Waals surface area contributed by atoms with Crippen LogP contribution in [0.25, 0.3) is 0 Å². The lowest BCUT2D eigenvalue weighted by Gasteiger charge is -2.42. The minimum absolute atomic E-state index is 0.00878. The Hall–Kier alpha value is -1.75. The molecule has 23 heavy (non-hydrogen) atoms. The van der Waals surface area contributed by atoms with Gasteiger partial charge in [-0.05, 0) is 44.7 Å². The van der Waals surface area contributed by atoms with Gasteiger partial charge in [0, 0.05) is 18.8 Å². The molecule has 0 aromatic rings. The first kappa shape index (κ1) is 14.8. The highest BCUT2D eigenvalue weighted by atomic mass is 16.5. The largest absolute Gasteiger partial charge is 0.481 e. The molecule has 1 aliphatic carbocycles. The first-order valence-electron chi connectivity index (χ1n) is 8.58. The van der Waals surface area contributed by atoms with Gasteiger partial charge in [0.1, 0.15) is 5.76 Å². The summed E-state index contributed by atoms with van der Waals surface area (Å²) in [6, 6.07) is 0. The molecule has 0 amide bonds. The molecule has 4 rings (SSSR count). The van der Waals surface area contributed by atoms with Crippen LogP contribution in [0.3, 0.4) is 0 Å². The van der Waals surface area contributed by atoms with Crippen molar-refractivity contribution in [3.8, 4) is 0 Å². The quantitative estimate of drug-likeness (QED) is 0.838. The van der Waals surface area contributed by atoms with E-state index < -0.39 is 11.7 Å². The van der Waals surface area contributed by atoms with Crippen molar-refractivity contribution >= 4 is 5.97 Å². The normalized spacial score (nSPS) is 35.2. The van der Waals surface area contributed by atoms with Crippen LogP contribution in [0.4, 0.5) is 0 Å². The van der Waals surface area contributed by atoms with Crippen LogP contribution in [0.15, 0.2) is 35.5 Å². The van der Waals surface area contributed by atoms with E-state index in [9.17, 15) is 9.90 Å². The Balaban J connectivity index is 1.83. The molecule has 0 aromatic carbocycles. The Morgan fingerprint density at radius 2 is 2.30 bits per heavy atom. The SMILES string of the molecule is CNC1(CC(=O)O)CC23CCCCC2=CN2C=CCCC2=C3O1. The standard InChI is InChI=1S/C18H24N2O3/c1-19-18(10-15(21)22)12-17-8-4-2-6-13(17)11-20-9-5-3-7-14(20)16(17)23-18/h5,9,11,19H,2-4,6-8,10,12H2,1H3,(H,21,22). The summed E-state index contributed by atoms with van der Waals surface area (Å²) in [5.74, 6) is 0.219. The van der Waals surface area contributed by atoms with Gasteiger partial charge in [-0.1, -0.05) is 12.5 Å². The number of carboxylic acids is 1. The Bertz CT molecular complexity index is 636. The van der Waals surface area contributed by atoms with E-state index in [4.69, 9.17) is 4.74 Å². The first-order valence-corrected chi connectivity index (χ1v) is 8.58. The molecule has 0 aromatic heterocycles. The second-order valence-corrected chi connectivity index (χ2v) is 7.14. The maximum atomic E-state index is 11.4. The molecule has 2 fully saturated rings. The van der Waals surface area contributed by atoms with Gasteiger partial charge >= 0.3 is 5.97 Å². The summed E-state index contributed by atoms with van der Waals surface area (Å²) in [6.07, 6.45) is 13.8. The van der Waals surface area contributed by atoms with Crippen molar-refractivity contribution in [1.29, 1.82) is 0 Å². The third-order valence-corrected chi connectivity index (χ3v) is 5.81. The number of hydrogen-bond acceptors (Lipinski definition) is 4. The van der Waals surface area contributed by atoms with Crippen molar-refractivity contribution in [3.05, 3.63) is 35.5 Å².